The van der Waals surface area contributed by atoms with E-state index in [4.69, 9.17) is 0 Å². The number of amides is 2. The van der Waals surface area contributed by atoms with Crippen LogP contribution in [0, 0.1) is 0 Å². The molecule has 8 heteroatoms. The molecule has 0 aromatic heterocycles. The molecule has 0 radical (unpaired) electrons. The average molecular weight is 314 g/mol. The molecular formula is C12H14N2O4S2. The Morgan fingerprint density at radius 3 is 2.80 bits per heavy atom. The van der Waals surface area contributed by atoms with E-state index in [-0.39, 0.29) is 22.9 Å². The average Bonchev–Trinajstić information content (AvgIpc) is 2.70. The number of nitrogens with zero attached hydrogens (tertiary/aromatic N) is 1. The van der Waals surface area contributed by atoms with Gasteiger partial charge in [-0.05, 0) is 6.92 Å². The van der Waals surface area contributed by atoms with Gasteiger partial charge in [0.05, 0.1) is 4.24 Å². The predicted octanol–water partition coefficient (Wildman–Crippen LogP) is 0.971. The smallest absolute Gasteiger partial charge is 0.354 e. The first-order valence-electron chi connectivity index (χ1n) is 5.98. The largest absolute Gasteiger partial charge is 0.477 e. The monoisotopic (exact) mass is 314 g/mol. The van der Waals surface area contributed by atoms with Gasteiger partial charge in [0.15, 0.2) is 5.70 Å². The van der Waals surface area contributed by atoms with Gasteiger partial charge in [-0.2, -0.15) is 0 Å². The lowest BCUT2D eigenvalue weighted by Crippen LogP contribution is -2.51. The minimum atomic E-state index is -1.09. The number of nitrogens with one attached hydrogen (secondary N) is 1. The number of carboxylic acids is 1. The summed E-state index contributed by atoms with van der Waals surface area (Å²) in [6.07, 6.45) is 1.72. The number of rotatable bonds is 5. The summed E-state index contributed by atoms with van der Waals surface area (Å²) in [6.45, 7) is 3.67. The molecule has 0 aromatic rings. The molecule has 1 fully saturated rings. The third kappa shape index (κ3) is 2.57. The molecule has 2 aliphatic heterocycles. The summed E-state index contributed by atoms with van der Waals surface area (Å²) in [5.74, 6) is -0.878. The predicted molar refractivity (Wildman–Crippen MR) is 77.8 cm³/mol. The minimum absolute atomic E-state index is 0.0587. The van der Waals surface area contributed by atoms with Crippen LogP contribution in [-0.4, -0.2) is 45.5 Å². The maximum Gasteiger partial charge on any atom is 0.354 e. The highest BCUT2D eigenvalue weighted by molar-refractivity contribution is 8.22. The standard InChI is InChI=1S/C12H14N2O4S2/c1-3-7-9(16)14-8(11(17)18)12(20-10(7)14)19-5-4-13-6(2)15/h3,10H,4-5H2,1-2H3,(H,13,15)(H,17,18)/b7-3+/t10-/m1/s1. The zero-order valence-electron chi connectivity index (χ0n) is 11.0. The molecule has 1 atom stereocenters. The van der Waals surface area contributed by atoms with Crippen LogP contribution < -0.4 is 5.32 Å². The van der Waals surface area contributed by atoms with Gasteiger partial charge in [-0.25, -0.2) is 4.79 Å². The third-order valence-electron chi connectivity index (χ3n) is 2.84. The Kier molecular flexibility index (Phi) is 4.44. The molecule has 2 amide bonds. The summed E-state index contributed by atoms with van der Waals surface area (Å²) >= 11 is 2.73. The molecule has 2 aliphatic rings. The molecule has 0 bridgehead atoms. The van der Waals surface area contributed by atoms with Crippen molar-refractivity contribution in [2.75, 3.05) is 12.3 Å². The molecule has 0 spiro atoms. The van der Waals surface area contributed by atoms with Crippen LogP contribution in [-0.2, 0) is 14.4 Å². The van der Waals surface area contributed by atoms with Crippen molar-refractivity contribution in [1.82, 2.24) is 10.2 Å². The summed E-state index contributed by atoms with van der Waals surface area (Å²) in [7, 11) is 0. The lowest BCUT2D eigenvalue weighted by atomic mass is 10.1. The topological polar surface area (TPSA) is 86.7 Å². The highest BCUT2D eigenvalue weighted by Crippen LogP contribution is 2.52. The molecular weight excluding hydrogens is 300 g/mol. The number of thioether (sulfide) groups is 2. The van der Waals surface area contributed by atoms with Gasteiger partial charge in [-0.15, -0.1) is 11.8 Å². The first kappa shape index (κ1) is 15.0. The van der Waals surface area contributed by atoms with E-state index in [9.17, 15) is 19.5 Å². The summed E-state index contributed by atoms with van der Waals surface area (Å²) < 4.78 is 0.623. The molecule has 2 N–H and O–H groups in total. The molecule has 0 aliphatic carbocycles. The van der Waals surface area contributed by atoms with E-state index in [1.165, 1.54) is 35.3 Å². The van der Waals surface area contributed by atoms with E-state index in [2.05, 4.69) is 5.32 Å². The Labute approximate surface area is 124 Å². The third-order valence-corrected chi connectivity index (χ3v) is 5.44. The van der Waals surface area contributed by atoms with Crippen molar-refractivity contribution in [3.8, 4) is 0 Å². The van der Waals surface area contributed by atoms with E-state index in [0.717, 1.165) is 0 Å². The minimum Gasteiger partial charge on any atom is -0.477 e. The number of carboxylic acid groups (broad SMARTS) is 1. The van der Waals surface area contributed by atoms with Crippen LogP contribution in [0.1, 0.15) is 13.8 Å². The van der Waals surface area contributed by atoms with Crippen LogP contribution in [0.15, 0.2) is 21.6 Å². The van der Waals surface area contributed by atoms with Gasteiger partial charge in [-0.3, -0.25) is 14.5 Å². The number of hydrogen-bond acceptors (Lipinski definition) is 5. The summed E-state index contributed by atoms with van der Waals surface area (Å²) in [6, 6.07) is 0. The molecule has 6 nitrogen and oxygen atoms in total. The summed E-state index contributed by atoms with van der Waals surface area (Å²) in [5.41, 5.74) is 0.703. The maximum absolute atomic E-state index is 11.8. The van der Waals surface area contributed by atoms with Crippen LogP contribution in [0.25, 0.3) is 0 Å². The summed E-state index contributed by atoms with van der Waals surface area (Å²) in [4.78, 5) is 35.2. The van der Waals surface area contributed by atoms with E-state index >= 15 is 0 Å². The first-order valence-corrected chi connectivity index (χ1v) is 7.85. The fourth-order valence-corrected chi connectivity index (χ4v) is 4.62. The van der Waals surface area contributed by atoms with Gasteiger partial charge in [-0.1, -0.05) is 17.8 Å². The Balaban J connectivity index is 2.06. The van der Waals surface area contributed by atoms with Crippen molar-refractivity contribution in [2.24, 2.45) is 0 Å². The number of fused-ring (bicyclic) bond motifs is 1. The highest BCUT2D eigenvalue weighted by Gasteiger charge is 2.52. The second-order valence-electron chi connectivity index (χ2n) is 4.16. The molecule has 0 saturated carbocycles. The van der Waals surface area contributed by atoms with Gasteiger partial charge in [0.1, 0.15) is 5.37 Å². The Morgan fingerprint density at radius 1 is 1.55 bits per heavy atom. The van der Waals surface area contributed by atoms with E-state index in [1.807, 2.05) is 0 Å². The molecule has 1 saturated heterocycles. The van der Waals surface area contributed by atoms with Crippen LogP contribution in [0.3, 0.4) is 0 Å². The lowest BCUT2D eigenvalue weighted by molar-refractivity contribution is -0.141. The zero-order chi connectivity index (χ0) is 14.9. The molecule has 2 heterocycles. The Hall–Kier alpha value is -1.41. The maximum atomic E-state index is 11.8. The lowest BCUT2D eigenvalue weighted by Gasteiger charge is -2.36. The van der Waals surface area contributed by atoms with Crippen molar-refractivity contribution in [1.29, 1.82) is 0 Å². The van der Waals surface area contributed by atoms with Crippen LogP contribution in [0.5, 0.6) is 0 Å². The van der Waals surface area contributed by atoms with Gasteiger partial charge in [0, 0.05) is 24.8 Å². The second kappa shape index (κ2) is 5.92. The molecule has 20 heavy (non-hydrogen) atoms. The number of β-lactam (4-membered cyclic amide) rings is 1. The van der Waals surface area contributed by atoms with Crippen LogP contribution >= 0.6 is 23.5 Å². The fourth-order valence-electron chi connectivity index (χ4n) is 1.94. The fraction of sp³-hybridized carbons (Fsp3) is 0.417. The zero-order valence-corrected chi connectivity index (χ0v) is 12.6. The number of hydrogen-bond donors (Lipinski definition) is 2. The van der Waals surface area contributed by atoms with Crippen molar-refractivity contribution in [3.05, 3.63) is 21.6 Å². The second-order valence-corrected chi connectivity index (χ2v) is 6.62. The Morgan fingerprint density at radius 2 is 2.25 bits per heavy atom. The normalized spacial score (nSPS) is 22.9. The van der Waals surface area contributed by atoms with Crippen molar-refractivity contribution >= 4 is 41.3 Å². The van der Waals surface area contributed by atoms with Crippen molar-refractivity contribution < 1.29 is 19.5 Å². The number of carbonyl (C=O) groups excluding carboxylic acids is 2. The van der Waals surface area contributed by atoms with Gasteiger partial charge < -0.3 is 10.4 Å². The molecule has 0 aromatic carbocycles. The van der Waals surface area contributed by atoms with Gasteiger partial charge in [0.2, 0.25) is 5.91 Å². The number of carbonyl (C=O) groups is 3. The number of aliphatic carboxylic acids is 1. The first-order chi connectivity index (χ1) is 9.47. The highest BCUT2D eigenvalue weighted by atomic mass is 32.2. The van der Waals surface area contributed by atoms with Gasteiger partial charge in [0.25, 0.3) is 5.91 Å². The molecule has 108 valence electrons. The van der Waals surface area contributed by atoms with Crippen molar-refractivity contribution in [2.45, 2.75) is 19.2 Å². The quantitative estimate of drug-likeness (QED) is 0.447. The number of allylic oxidation sites excluding steroid dienone is 1. The SMILES string of the molecule is C/C=C1\C(=O)N2C(C(=O)O)=C(SCCNC(C)=O)S[C@H]12. The van der Waals surface area contributed by atoms with Crippen molar-refractivity contribution in [3.63, 3.8) is 0 Å². The van der Waals surface area contributed by atoms with Crippen LogP contribution in [0.2, 0.25) is 0 Å². The van der Waals surface area contributed by atoms with E-state index < -0.39 is 5.97 Å². The van der Waals surface area contributed by atoms with E-state index in [1.54, 1.807) is 13.0 Å². The van der Waals surface area contributed by atoms with Gasteiger partial charge >= 0.3 is 5.97 Å². The molecule has 0 unspecified atom stereocenters. The van der Waals surface area contributed by atoms with Crippen LogP contribution in [0.4, 0.5) is 0 Å². The molecule has 2 rings (SSSR count). The van der Waals surface area contributed by atoms with E-state index in [0.29, 0.717) is 22.1 Å². The summed E-state index contributed by atoms with van der Waals surface area (Å²) in [5, 5.41) is 11.7. The Bertz CT molecular complexity index is 542.